The van der Waals surface area contributed by atoms with E-state index in [-0.39, 0.29) is 12.2 Å². The Balaban J connectivity index is 2.00. The summed E-state index contributed by atoms with van der Waals surface area (Å²) in [7, 11) is 0. The van der Waals surface area contributed by atoms with Gasteiger partial charge in [-0.3, -0.25) is 14.9 Å². The van der Waals surface area contributed by atoms with Crippen molar-refractivity contribution >= 4 is 5.91 Å². The summed E-state index contributed by atoms with van der Waals surface area (Å²) in [5.74, 6) is -0.552. The fourth-order valence-corrected chi connectivity index (χ4v) is 1.35. The first-order valence-corrected chi connectivity index (χ1v) is 5.26. The zero-order chi connectivity index (χ0) is 13.9. The van der Waals surface area contributed by atoms with Gasteiger partial charge in [0.25, 0.3) is 5.91 Å². The minimum atomic E-state index is -4.46. The molecule has 0 spiro atoms. The number of hydrogen-bond acceptors (Lipinski definition) is 3. The van der Waals surface area contributed by atoms with Crippen molar-refractivity contribution in [1.82, 2.24) is 20.5 Å². The third-order valence-electron chi connectivity index (χ3n) is 2.32. The predicted octanol–water partition coefficient (Wildman–Crippen LogP) is 1.75. The molecule has 5 nitrogen and oxygen atoms in total. The van der Waals surface area contributed by atoms with Crippen LogP contribution in [0.3, 0.4) is 0 Å². The fraction of sp³-hybridized carbons (Fsp3) is 0.182. The maximum atomic E-state index is 12.3. The summed E-state index contributed by atoms with van der Waals surface area (Å²) in [6, 6.07) is 3.52. The van der Waals surface area contributed by atoms with E-state index < -0.39 is 17.6 Å². The van der Waals surface area contributed by atoms with Crippen LogP contribution in [-0.2, 0) is 12.7 Å². The summed E-state index contributed by atoms with van der Waals surface area (Å²) in [5, 5.41) is 8.84. The van der Waals surface area contributed by atoms with E-state index >= 15 is 0 Å². The normalized spacial score (nSPS) is 11.3. The van der Waals surface area contributed by atoms with E-state index in [0.29, 0.717) is 11.9 Å². The van der Waals surface area contributed by atoms with Gasteiger partial charge in [-0.15, -0.1) is 0 Å². The van der Waals surface area contributed by atoms with Crippen molar-refractivity contribution in [2.24, 2.45) is 0 Å². The molecule has 0 aromatic carbocycles. The summed E-state index contributed by atoms with van der Waals surface area (Å²) in [6.45, 7) is 0.196. The van der Waals surface area contributed by atoms with Crippen LogP contribution in [0.2, 0.25) is 0 Å². The van der Waals surface area contributed by atoms with Gasteiger partial charge in [0.05, 0.1) is 17.8 Å². The number of carbonyl (C=O) groups is 1. The van der Waals surface area contributed by atoms with Crippen LogP contribution in [0.5, 0.6) is 0 Å². The van der Waals surface area contributed by atoms with Crippen LogP contribution in [0, 0.1) is 0 Å². The van der Waals surface area contributed by atoms with Crippen molar-refractivity contribution in [3.63, 3.8) is 0 Å². The molecule has 2 heterocycles. The van der Waals surface area contributed by atoms with Crippen LogP contribution in [0.15, 0.2) is 30.6 Å². The third kappa shape index (κ3) is 3.30. The second-order valence-electron chi connectivity index (χ2n) is 3.69. The largest absolute Gasteiger partial charge is 0.417 e. The molecule has 2 rings (SSSR count). The van der Waals surface area contributed by atoms with E-state index in [2.05, 4.69) is 20.5 Å². The molecule has 8 heteroatoms. The van der Waals surface area contributed by atoms with Gasteiger partial charge in [-0.1, -0.05) is 0 Å². The Bertz CT molecular complexity index is 548. The van der Waals surface area contributed by atoms with E-state index in [1.807, 2.05) is 0 Å². The molecule has 0 bridgehead atoms. The van der Waals surface area contributed by atoms with Gasteiger partial charge >= 0.3 is 6.18 Å². The molecule has 0 aliphatic rings. The van der Waals surface area contributed by atoms with Crippen molar-refractivity contribution in [3.05, 3.63) is 47.5 Å². The highest BCUT2D eigenvalue weighted by atomic mass is 19.4. The quantitative estimate of drug-likeness (QED) is 0.892. The Morgan fingerprint density at radius 2 is 2.11 bits per heavy atom. The van der Waals surface area contributed by atoms with Crippen molar-refractivity contribution < 1.29 is 18.0 Å². The summed E-state index contributed by atoms with van der Waals surface area (Å²) in [6.07, 6.45) is -2.30. The number of aromatic nitrogens is 3. The molecule has 2 N–H and O–H groups in total. The van der Waals surface area contributed by atoms with Gasteiger partial charge in [-0.05, 0) is 18.2 Å². The molecule has 2 aromatic rings. The molecule has 0 atom stereocenters. The number of carbonyl (C=O) groups excluding carboxylic acids is 1. The Kier molecular flexibility index (Phi) is 3.50. The molecule has 0 fully saturated rings. The van der Waals surface area contributed by atoms with Gasteiger partial charge in [0, 0.05) is 12.4 Å². The second kappa shape index (κ2) is 5.09. The zero-order valence-electron chi connectivity index (χ0n) is 9.53. The van der Waals surface area contributed by atoms with Gasteiger partial charge in [-0.25, -0.2) is 0 Å². The monoisotopic (exact) mass is 270 g/mol. The van der Waals surface area contributed by atoms with Gasteiger partial charge in [-0.2, -0.15) is 18.3 Å². The van der Waals surface area contributed by atoms with Crippen LogP contribution in [0.25, 0.3) is 0 Å². The van der Waals surface area contributed by atoms with Crippen molar-refractivity contribution in [2.45, 2.75) is 12.7 Å². The molecular formula is C11H9F3N4O. The zero-order valence-corrected chi connectivity index (χ0v) is 9.53. The molecule has 100 valence electrons. The SMILES string of the molecule is O=C(NCc1ccn[nH]1)c1ccc(C(F)(F)F)cn1. The lowest BCUT2D eigenvalue weighted by molar-refractivity contribution is -0.137. The highest BCUT2D eigenvalue weighted by molar-refractivity contribution is 5.92. The average molecular weight is 270 g/mol. The van der Waals surface area contributed by atoms with Crippen LogP contribution >= 0.6 is 0 Å². The van der Waals surface area contributed by atoms with Crippen LogP contribution < -0.4 is 5.32 Å². The molecule has 19 heavy (non-hydrogen) atoms. The average Bonchev–Trinajstić information content (AvgIpc) is 2.88. The molecule has 0 radical (unpaired) electrons. The standard InChI is InChI=1S/C11H9F3N4O/c12-11(13,14)7-1-2-9(15-5-7)10(19)16-6-8-3-4-17-18-8/h1-5H,6H2,(H,16,19)(H,17,18). The van der Waals surface area contributed by atoms with Crippen molar-refractivity contribution in [3.8, 4) is 0 Å². The summed E-state index contributed by atoms with van der Waals surface area (Å²) in [5.41, 5.74) is -0.287. The van der Waals surface area contributed by atoms with E-state index in [1.165, 1.54) is 6.20 Å². The first kappa shape index (κ1) is 13.1. The van der Waals surface area contributed by atoms with Gasteiger partial charge < -0.3 is 5.32 Å². The van der Waals surface area contributed by atoms with E-state index in [4.69, 9.17) is 0 Å². The van der Waals surface area contributed by atoms with Gasteiger partial charge in [0.15, 0.2) is 0 Å². The maximum absolute atomic E-state index is 12.3. The molecule has 0 aliphatic carbocycles. The number of pyridine rings is 1. The number of aromatic amines is 1. The molecule has 0 saturated carbocycles. The van der Waals surface area contributed by atoms with Gasteiger partial charge in [0.1, 0.15) is 5.69 Å². The third-order valence-corrected chi connectivity index (χ3v) is 2.32. The number of rotatable bonds is 3. The van der Waals surface area contributed by atoms with Crippen LogP contribution in [0.1, 0.15) is 21.7 Å². The van der Waals surface area contributed by atoms with Crippen molar-refractivity contribution in [2.75, 3.05) is 0 Å². The first-order valence-electron chi connectivity index (χ1n) is 5.26. The molecule has 0 saturated heterocycles. The maximum Gasteiger partial charge on any atom is 0.417 e. The number of nitrogens with zero attached hydrogens (tertiary/aromatic N) is 2. The van der Waals surface area contributed by atoms with Crippen molar-refractivity contribution in [1.29, 1.82) is 0 Å². The first-order chi connectivity index (χ1) is 8.97. The number of hydrogen-bond donors (Lipinski definition) is 2. The minimum absolute atomic E-state index is 0.0764. The molecule has 2 aromatic heterocycles. The summed E-state index contributed by atoms with van der Waals surface area (Å²) in [4.78, 5) is 15.1. The smallest absolute Gasteiger partial charge is 0.345 e. The molecule has 1 amide bonds. The number of H-pyrrole nitrogens is 1. The lowest BCUT2D eigenvalue weighted by Gasteiger charge is -2.07. The Labute approximate surface area is 105 Å². The predicted molar refractivity (Wildman–Crippen MR) is 59.0 cm³/mol. The Morgan fingerprint density at radius 1 is 1.32 bits per heavy atom. The highest BCUT2D eigenvalue weighted by Gasteiger charge is 2.30. The number of amides is 1. The second-order valence-corrected chi connectivity index (χ2v) is 3.69. The molecule has 0 unspecified atom stereocenters. The minimum Gasteiger partial charge on any atom is -0.345 e. The van der Waals surface area contributed by atoms with Crippen LogP contribution in [-0.4, -0.2) is 21.1 Å². The van der Waals surface area contributed by atoms with E-state index in [9.17, 15) is 18.0 Å². The van der Waals surface area contributed by atoms with E-state index in [0.717, 1.165) is 12.1 Å². The lowest BCUT2D eigenvalue weighted by Crippen LogP contribution is -2.24. The molecule has 0 aliphatic heterocycles. The topological polar surface area (TPSA) is 70.7 Å². The number of nitrogens with one attached hydrogen (secondary N) is 2. The summed E-state index contributed by atoms with van der Waals surface area (Å²) < 4.78 is 36.9. The Hall–Kier alpha value is -2.38. The fourth-order valence-electron chi connectivity index (χ4n) is 1.35. The highest BCUT2D eigenvalue weighted by Crippen LogP contribution is 2.28. The van der Waals surface area contributed by atoms with Crippen LogP contribution in [0.4, 0.5) is 13.2 Å². The molecular weight excluding hydrogens is 261 g/mol. The van der Waals surface area contributed by atoms with Gasteiger partial charge in [0.2, 0.25) is 0 Å². The lowest BCUT2D eigenvalue weighted by atomic mass is 10.2. The summed E-state index contributed by atoms with van der Waals surface area (Å²) >= 11 is 0. The number of alkyl halides is 3. The van der Waals surface area contributed by atoms with E-state index in [1.54, 1.807) is 6.07 Å². The number of halogens is 3. The Morgan fingerprint density at radius 3 is 2.63 bits per heavy atom.